The van der Waals surface area contributed by atoms with Crippen LogP contribution in [-0.2, 0) is 0 Å². The third-order valence-electron chi connectivity index (χ3n) is 2.57. The fraction of sp³-hybridized carbons (Fsp3) is 0. The molecule has 1 aromatic carbocycles. The van der Waals surface area contributed by atoms with Crippen molar-refractivity contribution >= 4 is 28.3 Å². The molecule has 4 heteroatoms. The van der Waals surface area contributed by atoms with E-state index in [1.807, 2.05) is 6.07 Å². The summed E-state index contributed by atoms with van der Waals surface area (Å²) in [7, 11) is 0. The van der Waals surface area contributed by atoms with Gasteiger partial charge in [0.15, 0.2) is 5.76 Å². The predicted molar refractivity (Wildman–Crippen MR) is 65.4 cm³/mol. The number of hydrogen-bond donors (Lipinski definition) is 1. The minimum Gasteiger partial charge on any atom is -0.461 e. The molecule has 2 aromatic heterocycles. The molecular formula is C13H8ClNO2. The number of halogens is 1. The lowest BCUT2D eigenvalue weighted by Crippen LogP contribution is -1.99. The topological polar surface area (TPSA) is 46.0 Å². The molecule has 3 nitrogen and oxygen atoms in total. The summed E-state index contributed by atoms with van der Waals surface area (Å²) in [5.41, 5.74) is 1.34. The Morgan fingerprint density at radius 3 is 2.88 bits per heavy atom. The second-order valence-electron chi connectivity index (χ2n) is 3.72. The second-order valence-corrected chi connectivity index (χ2v) is 4.16. The van der Waals surface area contributed by atoms with Crippen molar-refractivity contribution < 1.29 is 9.21 Å². The molecule has 84 valence electrons. The van der Waals surface area contributed by atoms with Crippen LogP contribution < -0.4 is 0 Å². The van der Waals surface area contributed by atoms with Crippen molar-refractivity contribution in [3.63, 3.8) is 0 Å². The minimum absolute atomic E-state index is 0.165. The zero-order valence-corrected chi connectivity index (χ0v) is 9.49. The highest BCUT2D eigenvalue weighted by molar-refractivity contribution is 6.31. The highest BCUT2D eigenvalue weighted by Crippen LogP contribution is 2.21. The first-order valence-electron chi connectivity index (χ1n) is 5.10. The van der Waals surface area contributed by atoms with Gasteiger partial charge >= 0.3 is 0 Å². The Morgan fingerprint density at radius 1 is 1.24 bits per heavy atom. The van der Waals surface area contributed by atoms with E-state index in [4.69, 9.17) is 16.0 Å². The third kappa shape index (κ3) is 1.74. The maximum atomic E-state index is 12.0. The van der Waals surface area contributed by atoms with Crippen LogP contribution in [0, 0.1) is 0 Å². The largest absolute Gasteiger partial charge is 0.461 e. The third-order valence-corrected chi connectivity index (χ3v) is 2.81. The quantitative estimate of drug-likeness (QED) is 0.701. The number of carbonyl (C=O) groups excluding carboxylic acids is 1. The van der Waals surface area contributed by atoms with E-state index in [2.05, 4.69) is 4.98 Å². The fourth-order valence-electron chi connectivity index (χ4n) is 1.76. The fourth-order valence-corrected chi connectivity index (χ4v) is 1.93. The zero-order valence-electron chi connectivity index (χ0n) is 8.74. The summed E-state index contributed by atoms with van der Waals surface area (Å²) in [4.78, 5) is 15.0. The lowest BCUT2D eigenvalue weighted by atomic mass is 10.2. The van der Waals surface area contributed by atoms with Crippen molar-refractivity contribution in [2.24, 2.45) is 0 Å². The molecule has 0 aliphatic rings. The predicted octanol–water partition coefficient (Wildman–Crippen LogP) is 3.65. The summed E-state index contributed by atoms with van der Waals surface area (Å²) in [5, 5.41) is 1.58. The molecule has 0 atom stereocenters. The van der Waals surface area contributed by atoms with Gasteiger partial charge in [-0.1, -0.05) is 17.7 Å². The van der Waals surface area contributed by atoms with Crippen LogP contribution in [0.5, 0.6) is 0 Å². The monoisotopic (exact) mass is 245 g/mol. The number of furan rings is 1. The van der Waals surface area contributed by atoms with Gasteiger partial charge < -0.3 is 9.40 Å². The van der Waals surface area contributed by atoms with Gasteiger partial charge in [0, 0.05) is 15.9 Å². The van der Waals surface area contributed by atoms with Gasteiger partial charge in [0.2, 0.25) is 5.78 Å². The number of hydrogen-bond acceptors (Lipinski definition) is 2. The smallest absolute Gasteiger partial charge is 0.244 e. The van der Waals surface area contributed by atoms with Gasteiger partial charge in [0.1, 0.15) is 0 Å². The standard InChI is InChI=1S/C13H8ClNO2/c14-9-4-3-8-6-11(15-10(8)7-9)13(16)12-2-1-5-17-12/h1-7,15H. The molecule has 1 N–H and O–H groups in total. The molecule has 0 saturated heterocycles. The molecule has 0 unspecified atom stereocenters. The van der Waals surface area contributed by atoms with Crippen molar-refractivity contribution in [3.8, 4) is 0 Å². The minimum atomic E-state index is -0.165. The molecular weight excluding hydrogens is 238 g/mol. The molecule has 0 fully saturated rings. The van der Waals surface area contributed by atoms with E-state index in [9.17, 15) is 4.79 Å². The van der Waals surface area contributed by atoms with Gasteiger partial charge in [-0.2, -0.15) is 0 Å². The molecule has 17 heavy (non-hydrogen) atoms. The van der Waals surface area contributed by atoms with Crippen LogP contribution in [0.4, 0.5) is 0 Å². The molecule has 0 radical (unpaired) electrons. The van der Waals surface area contributed by atoms with Gasteiger partial charge in [-0.15, -0.1) is 0 Å². The lowest BCUT2D eigenvalue weighted by Gasteiger charge is -1.91. The molecule has 3 aromatic rings. The SMILES string of the molecule is O=C(c1cc2ccc(Cl)cc2[nH]1)c1ccco1. The van der Waals surface area contributed by atoms with Crippen LogP contribution >= 0.6 is 11.6 Å². The second kappa shape index (κ2) is 3.79. The van der Waals surface area contributed by atoms with Crippen LogP contribution in [0.3, 0.4) is 0 Å². The van der Waals surface area contributed by atoms with Crippen LogP contribution in [-0.4, -0.2) is 10.8 Å². The first-order chi connectivity index (χ1) is 8.24. The van der Waals surface area contributed by atoms with Gasteiger partial charge in [0.05, 0.1) is 12.0 Å². The van der Waals surface area contributed by atoms with E-state index in [0.717, 1.165) is 10.9 Å². The number of ketones is 1. The summed E-state index contributed by atoms with van der Waals surface area (Å²) in [6.07, 6.45) is 1.48. The Labute approximate surface area is 102 Å². The number of aromatic amines is 1. The molecule has 0 aliphatic carbocycles. The Kier molecular flexibility index (Phi) is 2.27. The molecule has 0 amide bonds. The molecule has 0 bridgehead atoms. The summed E-state index contributed by atoms with van der Waals surface area (Å²) in [5.74, 6) is 0.157. The van der Waals surface area contributed by atoms with E-state index >= 15 is 0 Å². The van der Waals surface area contributed by atoms with E-state index in [1.54, 1.807) is 30.3 Å². The average molecular weight is 246 g/mol. The average Bonchev–Trinajstić information content (AvgIpc) is 2.96. The van der Waals surface area contributed by atoms with Crippen molar-refractivity contribution in [3.05, 3.63) is 59.1 Å². The number of carbonyl (C=O) groups is 1. The lowest BCUT2D eigenvalue weighted by molar-refractivity contribution is 0.100. The van der Waals surface area contributed by atoms with Crippen molar-refractivity contribution in [1.82, 2.24) is 4.98 Å². The Bertz CT molecular complexity index is 683. The molecule has 0 spiro atoms. The maximum absolute atomic E-state index is 12.0. The molecule has 3 rings (SSSR count). The van der Waals surface area contributed by atoms with E-state index < -0.39 is 0 Å². The van der Waals surface area contributed by atoms with Crippen molar-refractivity contribution in [2.75, 3.05) is 0 Å². The summed E-state index contributed by atoms with van der Waals surface area (Å²) < 4.78 is 5.07. The summed E-state index contributed by atoms with van der Waals surface area (Å²) in [6.45, 7) is 0. The van der Waals surface area contributed by atoms with Crippen LogP contribution in [0.2, 0.25) is 5.02 Å². The Balaban J connectivity index is 2.09. The first-order valence-corrected chi connectivity index (χ1v) is 5.48. The first kappa shape index (κ1) is 10.2. The Hall–Kier alpha value is -2.00. The summed E-state index contributed by atoms with van der Waals surface area (Å²) in [6, 6.07) is 10.6. The van der Waals surface area contributed by atoms with Gasteiger partial charge in [-0.3, -0.25) is 4.79 Å². The zero-order chi connectivity index (χ0) is 11.8. The number of nitrogens with one attached hydrogen (secondary N) is 1. The van der Waals surface area contributed by atoms with Crippen LogP contribution in [0.1, 0.15) is 16.2 Å². The number of benzene rings is 1. The van der Waals surface area contributed by atoms with E-state index in [0.29, 0.717) is 16.5 Å². The van der Waals surface area contributed by atoms with E-state index in [-0.39, 0.29) is 5.78 Å². The van der Waals surface area contributed by atoms with E-state index in [1.165, 1.54) is 6.26 Å². The van der Waals surface area contributed by atoms with Crippen molar-refractivity contribution in [1.29, 1.82) is 0 Å². The normalized spacial score (nSPS) is 10.9. The number of rotatable bonds is 2. The highest BCUT2D eigenvalue weighted by atomic mass is 35.5. The molecule has 0 aliphatic heterocycles. The number of aromatic nitrogens is 1. The summed E-state index contributed by atoms with van der Waals surface area (Å²) >= 11 is 5.88. The maximum Gasteiger partial charge on any atom is 0.244 e. The highest BCUT2D eigenvalue weighted by Gasteiger charge is 2.14. The van der Waals surface area contributed by atoms with Crippen LogP contribution in [0.15, 0.2) is 47.1 Å². The molecule has 2 heterocycles. The molecule has 0 saturated carbocycles. The number of H-pyrrole nitrogens is 1. The van der Waals surface area contributed by atoms with Gasteiger partial charge in [-0.25, -0.2) is 0 Å². The van der Waals surface area contributed by atoms with Gasteiger partial charge in [0.25, 0.3) is 0 Å². The van der Waals surface area contributed by atoms with Gasteiger partial charge in [-0.05, 0) is 30.3 Å². The Morgan fingerprint density at radius 2 is 2.12 bits per heavy atom. The number of fused-ring (bicyclic) bond motifs is 1. The van der Waals surface area contributed by atoms with Crippen molar-refractivity contribution in [2.45, 2.75) is 0 Å². The van der Waals surface area contributed by atoms with Crippen LogP contribution in [0.25, 0.3) is 10.9 Å².